The fraction of sp³-hybridized carbons (Fsp3) is 0.625. The van der Waals surface area contributed by atoms with Crippen molar-refractivity contribution in [2.24, 2.45) is 17.8 Å². The van der Waals surface area contributed by atoms with Crippen LogP contribution in [-0.2, 0) is 6.42 Å². The molecule has 2 heteroatoms. The second-order valence-electron chi connectivity index (χ2n) is 5.97. The van der Waals surface area contributed by atoms with Gasteiger partial charge in [-0.15, -0.1) is 0 Å². The van der Waals surface area contributed by atoms with Gasteiger partial charge in [-0.1, -0.05) is 30.3 Å². The van der Waals surface area contributed by atoms with Gasteiger partial charge in [0.25, 0.3) is 0 Å². The van der Waals surface area contributed by atoms with Gasteiger partial charge in [-0.25, -0.2) is 0 Å². The van der Waals surface area contributed by atoms with Crippen molar-refractivity contribution in [3.05, 3.63) is 35.9 Å². The Balaban J connectivity index is 1.47. The smallest absolute Gasteiger partial charge is 0.000500 e. The Kier molecular flexibility index (Phi) is 3.96. The largest absolute Gasteiger partial charge is 0.316 e. The van der Waals surface area contributed by atoms with Crippen LogP contribution >= 0.6 is 0 Å². The van der Waals surface area contributed by atoms with E-state index >= 15 is 0 Å². The van der Waals surface area contributed by atoms with Gasteiger partial charge in [0.05, 0.1) is 0 Å². The molecule has 2 nitrogen and oxygen atoms in total. The molecule has 0 amide bonds. The SMILES string of the molecule is c1ccc(C[C@@H]2CNC[C@H]2CNCC2CC2)cc1. The van der Waals surface area contributed by atoms with E-state index < -0.39 is 0 Å². The fourth-order valence-corrected chi connectivity index (χ4v) is 2.98. The summed E-state index contributed by atoms with van der Waals surface area (Å²) in [5.74, 6) is 2.61. The summed E-state index contributed by atoms with van der Waals surface area (Å²) in [7, 11) is 0. The van der Waals surface area contributed by atoms with Gasteiger partial charge in [0, 0.05) is 0 Å². The molecule has 1 saturated heterocycles. The third-order valence-electron chi connectivity index (χ3n) is 4.36. The first-order valence-corrected chi connectivity index (χ1v) is 7.37. The summed E-state index contributed by atoms with van der Waals surface area (Å²) in [4.78, 5) is 0. The van der Waals surface area contributed by atoms with Gasteiger partial charge in [0.2, 0.25) is 0 Å². The molecule has 1 aromatic carbocycles. The van der Waals surface area contributed by atoms with E-state index in [1.165, 1.54) is 51.0 Å². The average molecular weight is 244 g/mol. The zero-order valence-electron chi connectivity index (χ0n) is 11.1. The summed E-state index contributed by atoms with van der Waals surface area (Å²) in [5.41, 5.74) is 1.48. The molecule has 1 aromatic rings. The van der Waals surface area contributed by atoms with Crippen molar-refractivity contribution in [3.8, 4) is 0 Å². The van der Waals surface area contributed by atoms with Crippen LogP contribution in [0.1, 0.15) is 18.4 Å². The minimum absolute atomic E-state index is 0.805. The summed E-state index contributed by atoms with van der Waals surface area (Å²) < 4.78 is 0. The van der Waals surface area contributed by atoms with Crippen LogP contribution in [0.3, 0.4) is 0 Å². The molecular formula is C16H24N2. The Hall–Kier alpha value is -0.860. The zero-order valence-corrected chi connectivity index (χ0v) is 11.1. The summed E-state index contributed by atoms with van der Waals surface area (Å²) >= 11 is 0. The first-order chi connectivity index (χ1) is 8.92. The van der Waals surface area contributed by atoms with E-state index in [9.17, 15) is 0 Å². The highest BCUT2D eigenvalue weighted by molar-refractivity contribution is 5.16. The van der Waals surface area contributed by atoms with Crippen LogP contribution < -0.4 is 10.6 Å². The first-order valence-electron chi connectivity index (χ1n) is 7.37. The number of nitrogens with one attached hydrogen (secondary N) is 2. The lowest BCUT2D eigenvalue weighted by molar-refractivity contribution is 0.390. The van der Waals surface area contributed by atoms with Crippen LogP contribution in [0, 0.1) is 17.8 Å². The lowest BCUT2D eigenvalue weighted by Crippen LogP contribution is -2.30. The quantitative estimate of drug-likeness (QED) is 0.800. The summed E-state index contributed by atoms with van der Waals surface area (Å²) in [5, 5.41) is 7.22. The summed E-state index contributed by atoms with van der Waals surface area (Å²) in [6, 6.07) is 10.9. The molecule has 2 aliphatic rings. The third kappa shape index (κ3) is 3.33. The number of benzene rings is 1. The van der Waals surface area contributed by atoms with Gasteiger partial charge < -0.3 is 10.6 Å². The monoisotopic (exact) mass is 244 g/mol. The van der Waals surface area contributed by atoms with Crippen molar-refractivity contribution in [3.63, 3.8) is 0 Å². The predicted octanol–water partition coefficient (Wildman–Crippen LogP) is 2.06. The van der Waals surface area contributed by atoms with Crippen molar-refractivity contribution in [1.82, 2.24) is 10.6 Å². The van der Waals surface area contributed by atoms with Crippen LogP contribution in [0.15, 0.2) is 30.3 Å². The van der Waals surface area contributed by atoms with Crippen LogP contribution in [0.4, 0.5) is 0 Å². The molecule has 1 aliphatic heterocycles. The second-order valence-corrected chi connectivity index (χ2v) is 5.97. The maximum absolute atomic E-state index is 3.67. The predicted molar refractivity (Wildman–Crippen MR) is 75.6 cm³/mol. The third-order valence-corrected chi connectivity index (χ3v) is 4.36. The average Bonchev–Trinajstić information content (AvgIpc) is 3.12. The molecule has 2 atom stereocenters. The van der Waals surface area contributed by atoms with Crippen molar-refractivity contribution in [2.45, 2.75) is 19.3 Å². The molecule has 0 spiro atoms. The summed E-state index contributed by atoms with van der Waals surface area (Å²) in [6.45, 7) is 4.81. The Labute approximate surface area is 110 Å². The Bertz CT molecular complexity index is 359. The molecule has 3 rings (SSSR count). The van der Waals surface area contributed by atoms with Gasteiger partial charge in [-0.05, 0) is 68.8 Å². The summed E-state index contributed by atoms with van der Waals surface area (Å²) in [6.07, 6.45) is 4.12. The molecule has 0 unspecified atom stereocenters. The highest BCUT2D eigenvalue weighted by Crippen LogP contribution is 2.28. The molecule has 1 saturated carbocycles. The minimum atomic E-state index is 0.805. The normalized spacial score (nSPS) is 27.6. The molecule has 1 heterocycles. The molecule has 18 heavy (non-hydrogen) atoms. The fourth-order valence-electron chi connectivity index (χ4n) is 2.98. The Morgan fingerprint density at radius 2 is 1.78 bits per heavy atom. The maximum atomic E-state index is 3.67. The molecule has 2 fully saturated rings. The minimum Gasteiger partial charge on any atom is -0.316 e. The highest BCUT2D eigenvalue weighted by Gasteiger charge is 2.27. The molecule has 0 aromatic heterocycles. The van der Waals surface area contributed by atoms with Gasteiger partial charge in [-0.3, -0.25) is 0 Å². The van der Waals surface area contributed by atoms with Crippen molar-refractivity contribution in [2.75, 3.05) is 26.2 Å². The Morgan fingerprint density at radius 1 is 1.00 bits per heavy atom. The van der Waals surface area contributed by atoms with E-state index in [2.05, 4.69) is 41.0 Å². The van der Waals surface area contributed by atoms with Crippen LogP contribution in [0.25, 0.3) is 0 Å². The van der Waals surface area contributed by atoms with Crippen LogP contribution in [0.5, 0.6) is 0 Å². The number of rotatable bonds is 6. The standard InChI is InChI=1S/C16H24N2/c1-2-4-13(5-3-1)8-15-10-18-12-16(15)11-17-9-14-6-7-14/h1-5,14-18H,6-12H2/t15-,16-/m1/s1. The van der Waals surface area contributed by atoms with E-state index in [4.69, 9.17) is 0 Å². The number of hydrogen-bond acceptors (Lipinski definition) is 2. The topological polar surface area (TPSA) is 24.1 Å². The lowest BCUT2D eigenvalue weighted by Gasteiger charge is -2.19. The van der Waals surface area contributed by atoms with E-state index in [0.29, 0.717) is 0 Å². The van der Waals surface area contributed by atoms with Gasteiger partial charge in [0.1, 0.15) is 0 Å². The molecule has 1 aliphatic carbocycles. The molecule has 98 valence electrons. The van der Waals surface area contributed by atoms with E-state index in [-0.39, 0.29) is 0 Å². The Morgan fingerprint density at radius 3 is 2.56 bits per heavy atom. The number of hydrogen-bond donors (Lipinski definition) is 2. The van der Waals surface area contributed by atoms with E-state index in [1.807, 2.05) is 0 Å². The zero-order chi connectivity index (χ0) is 12.2. The highest BCUT2D eigenvalue weighted by atomic mass is 15.0. The van der Waals surface area contributed by atoms with Crippen LogP contribution in [-0.4, -0.2) is 26.2 Å². The van der Waals surface area contributed by atoms with Gasteiger partial charge >= 0.3 is 0 Å². The van der Waals surface area contributed by atoms with Crippen LogP contribution in [0.2, 0.25) is 0 Å². The molecule has 0 bridgehead atoms. The van der Waals surface area contributed by atoms with Crippen molar-refractivity contribution >= 4 is 0 Å². The van der Waals surface area contributed by atoms with E-state index in [0.717, 1.165) is 17.8 Å². The van der Waals surface area contributed by atoms with Gasteiger partial charge in [-0.2, -0.15) is 0 Å². The van der Waals surface area contributed by atoms with Gasteiger partial charge in [0.15, 0.2) is 0 Å². The second kappa shape index (κ2) is 5.85. The molecule has 2 N–H and O–H groups in total. The lowest BCUT2D eigenvalue weighted by atomic mass is 9.89. The maximum Gasteiger partial charge on any atom is -0.000500 e. The van der Waals surface area contributed by atoms with E-state index in [1.54, 1.807) is 0 Å². The molecule has 0 radical (unpaired) electrons. The molecular weight excluding hydrogens is 220 g/mol. The first kappa shape index (κ1) is 12.2. The van der Waals surface area contributed by atoms with Crippen molar-refractivity contribution in [1.29, 1.82) is 0 Å². The van der Waals surface area contributed by atoms with Crippen molar-refractivity contribution < 1.29 is 0 Å².